The monoisotopic (exact) mass is 324 g/mol. The van der Waals surface area contributed by atoms with Crippen LogP contribution < -0.4 is 0 Å². The molecule has 0 fully saturated rings. The van der Waals surface area contributed by atoms with Crippen molar-refractivity contribution < 1.29 is 14.3 Å². The second-order valence-electron chi connectivity index (χ2n) is 5.62. The van der Waals surface area contributed by atoms with Crippen LogP contribution in [0.2, 0.25) is 0 Å². The molecule has 0 aliphatic rings. The van der Waals surface area contributed by atoms with E-state index >= 15 is 0 Å². The maximum Gasteiger partial charge on any atom is 0.303 e. The van der Waals surface area contributed by atoms with E-state index in [2.05, 4.69) is 4.98 Å². The van der Waals surface area contributed by atoms with Crippen LogP contribution in [0, 0.1) is 0 Å². The first-order valence-electron chi connectivity index (χ1n) is 7.91. The lowest BCUT2D eigenvalue weighted by Gasteiger charge is -2.18. The number of ether oxygens (including phenoxy) is 2. The Kier molecular flexibility index (Phi) is 5.23. The van der Waals surface area contributed by atoms with Gasteiger partial charge in [-0.15, -0.1) is 0 Å². The van der Waals surface area contributed by atoms with Crippen molar-refractivity contribution in [1.82, 2.24) is 9.55 Å². The number of hydrogen-bond acceptors (Lipinski definition) is 4. The van der Waals surface area contributed by atoms with Crippen molar-refractivity contribution in [3.63, 3.8) is 0 Å². The molecule has 3 aromatic rings. The number of carbonyl (C=O) groups excluding carboxylic acids is 1. The molecular formula is C19H20N2O3. The van der Waals surface area contributed by atoms with E-state index in [0.29, 0.717) is 19.8 Å². The minimum absolute atomic E-state index is 0.312. The van der Waals surface area contributed by atoms with Crippen LogP contribution in [0.3, 0.4) is 0 Å². The number of para-hydroxylation sites is 2. The molecule has 0 bridgehead atoms. The van der Waals surface area contributed by atoms with Gasteiger partial charge in [0.1, 0.15) is 6.10 Å². The largest absolute Gasteiger partial charge is 0.458 e. The van der Waals surface area contributed by atoms with Gasteiger partial charge in [0.25, 0.3) is 0 Å². The van der Waals surface area contributed by atoms with Gasteiger partial charge in [0.15, 0.2) is 0 Å². The zero-order valence-electron chi connectivity index (χ0n) is 13.6. The summed E-state index contributed by atoms with van der Waals surface area (Å²) in [5.41, 5.74) is 3.02. The Morgan fingerprint density at radius 3 is 2.67 bits per heavy atom. The molecule has 1 heterocycles. The number of imidazole rings is 1. The quantitative estimate of drug-likeness (QED) is 0.626. The number of esters is 1. The fourth-order valence-electron chi connectivity index (χ4n) is 2.62. The molecule has 0 N–H and O–H groups in total. The Bertz CT molecular complexity index is 798. The van der Waals surface area contributed by atoms with Gasteiger partial charge in [-0.3, -0.25) is 4.79 Å². The van der Waals surface area contributed by atoms with Gasteiger partial charge in [-0.2, -0.15) is 0 Å². The molecule has 0 saturated carbocycles. The van der Waals surface area contributed by atoms with Crippen LogP contribution in [0.1, 0.15) is 12.5 Å². The normalized spacial score (nSPS) is 12.2. The summed E-state index contributed by atoms with van der Waals surface area (Å²) in [4.78, 5) is 15.7. The average molecular weight is 324 g/mol. The van der Waals surface area contributed by atoms with E-state index in [0.717, 1.165) is 16.6 Å². The van der Waals surface area contributed by atoms with E-state index in [-0.39, 0.29) is 12.1 Å². The molecular weight excluding hydrogens is 304 g/mol. The molecule has 0 aliphatic heterocycles. The van der Waals surface area contributed by atoms with Crippen LogP contribution in [0.25, 0.3) is 11.0 Å². The van der Waals surface area contributed by atoms with Gasteiger partial charge >= 0.3 is 5.97 Å². The maximum absolute atomic E-state index is 11.4. The van der Waals surface area contributed by atoms with Gasteiger partial charge in [-0.1, -0.05) is 42.5 Å². The molecule has 1 atom stereocenters. The molecule has 1 aromatic heterocycles. The zero-order valence-corrected chi connectivity index (χ0v) is 13.6. The molecule has 0 saturated heterocycles. The minimum Gasteiger partial charge on any atom is -0.458 e. The first-order chi connectivity index (χ1) is 11.7. The van der Waals surface area contributed by atoms with Gasteiger partial charge in [0.2, 0.25) is 0 Å². The number of nitrogens with zero attached hydrogens (tertiary/aromatic N) is 2. The van der Waals surface area contributed by atoms with Crippen LogP contribution in [-0.2, 0) is 27.4 Å². The smallest absolute Gasteiger partial charge is 0.303 e. The second-order valence-corrected chi connectivity index (χ2v) is 5.62. The van der Waals surface area contributed by atoms with E-state index in [1.54, 1.807) is 6.33 Å². The molecule has 3 rings (SSSR count). The summed E-state index contributed by atoms with van der Waals surface area (Å²) in [5.74, 6) is -0.312. The van der Waals surface area contributed by atoms with E-state index in [1.807, 2.05) is 59.2 Å². The van der Waals surface area contributed by atoms with Crippen molar-refractivity contribution in [1.29, 1.82) is 0 Å². The number of rotatable bonds is 7. The van der Waals surface area contributed by atoms with Crippen molar-refractivity contribution in [2.75, 3.05) is 6.61 Å². The summed E-state index contributed by atoms with van der Waals surface area (Å²) in [7, 11) is 0. The summed E-state index contributed by atoms with van der Waals surface area (Å²) < 4.78 is 13.1. The van der Waals surface area contributed by atoms with E-state index in [1.165, 1.54) is 6.92 Å². The molecule has 24 heavy (non-hydrogen) atoms. The highest BCUT2D eigenvalue weighted by atomic mass is 16.6. The Morgan fingerprint density at radius 1 is 1.12 bits per heavy atom. The summed E-state index contributed by atoms with van der Waals surface area (Å²) in [6, 6.07) is 17.8. The van der Waals surface area contributed by atoms with Crippen LogP contribution in [0.4, 0.5) is 0 Å². The van der Waals surface area contributed by atoms with Crippen molar-refractivity contribution in [3.05, 3.63) is 66.5 Å². The first kappa shape index (κ1) is 16.2. The highest BCUT2D eigenvalue weighted by molar-refractivity contribution is 5.74. The lowest BCUT2D eigenvalue weighted by molar-refractivity contribution is -0.150. The molecule has 5 heteroatoms. The minimum atomic E-state index is -0.358. The summed E-state index contributed by atoms with van der Waals surface area (Å²) in [6.07, 6.45) is 1.40. The van der Waals surface area contributed by atoms with E-state index < -0.39 is 0 Å². The summed E-state index contributed by atoms with van der Waals surface area (Å²) in [6.45, 7) is 2.75. The van der Waals surface area contributed by atoms with Crippen molar-refractivity contribution in [2.24, 2.45) is 0 Å². The predicted molar refractivity (Wildman–Crippen MR) is 91.4 cm³/mol. The van der Waals surface area contributed by atoms with E-state index in [4.69, 9.17) is 9.47 Å². The van der Waals surface area contributed by atoms with Crippen LogP contribution in [0.15, 0.2) is 60.9 Å². The van der Waals surface area contributed by atoms with Crippen LogP contribution >= 0.6 is 0 Å². The Labute approximate surface area is 140 Å². The molecule has 0 spiro atoms. The molecule has 0 radical (unpaired) electrons. The van der Waals surface area contributed by atoms with Gasteiger partial charge < -0.3 is 14.0 Å². The molecule has 5 nitrogen and oxygen atoms in total. The average Bonchev–Trinajstić information content (AvgIpc) is 2.98. The SMILES string of the molecule is CC(=O)OC(COCc1ccccc1)Cn1cnc2ccccc21. The number of hydrogen-bond donors (Lipinski definition) is 0. The lowest BCUT2D eigenvalue weighted by atomic mass is 10.2. The highest BCUT2D eigenvalue weighted by Gasteiger charge is 2.15. The lowest BCUT2D eigenvalue weighted by Crippen LogP contribution is -2.27. The van der Waals surface area contributed by atoms with Gasteiger partial charge in [0.05, 0.1) is 37.1 Å². The molecule has 2 aromatic carbocycles. The van der Waals surface area contributed by atoms with Gasteiger partial charge in [0, 0.05) is 6.92 Å². The number of aromatic nitrogens is 2. The summed E-state index contributed by atoms with van der Waals surface area (Å²) in [5, 5.41) is 0. The predicted octanol–water partition coefficient (Wildman–Crippen LogP) is 3.18. The Morgan fingerprint density at radius 2 is 1.88 bits per heavy atom. The standard InChI is InChI=1S/C19H20N2O3/c1-15(22)24-17(13-23-12-16-7-3-2-4-8-16)11-21-14-20-18-9-5-6-10-19(18)21/h2-10,14,17H,11-13H2,1H3. The molecule has 1 unspecified atom stereocenters. The zero-order chi connectivity index (χ0) is 16.8. The highest BCUT2D eigenvalue weighted by Crippen LogP contribution is 2.13. The van der Waals surface area contributed by atoms with Crippen LogP contribution in [0.5, 0.6) is 0 Å². The van der Waals surface area contributed by atoms with Crippen molar-refractivity contribution >= 4 is 17.0 Å². The maximum atomic E-state index is 11.4. The van der Waals surface area contributed by atoms with Gasteiger partial charge in [-0.05, 0) is 17.7 Å². The van der Waals surface area contributed by atoms with Gasteiger partial charge in [-0.25, -0.2) is 4.98 Å². The Balaban J connectivity index is 1.64. The molecule has 124 valence electrons. The third-order valence-corrected chi connectivity index (χ3v) is 3.68. The third-order valence-electron chi connectivity index (χ3n) is 3.68. The molecule has 0 aliphatic carbocycles. The topological polar surface area (TPSA) is 53.4 Å². The van der Waals surface area contributed by atoms with Crippen molar-refractivity contribution in [3.8, 4) is 0 Å². The van der Waals surface area contributed by atoms with E-state index in [9.17, 15) is 4.79 Å². The van der Waals surface area contributed by atoms with Crippen molar-refractivity contribution in [2.45, 2.75) is 26.2 Å². The fourth-order valence-corrected chi connectivity index (χ4v) is 2.62. The third kappa shape index (κ3) is 4.20. The molecule has 0 amide bonds. The Hall–Kier alpha value is -2.66. The second kappa shape index (κ2) is 7.75. The first-order valence-corrected chi connectivity index (χ1v) is 7.91. The number of fused-ring (bicyclic) bond motifs is 1. The summed E-state index contributed by atoms with van der Waals surface area (Å²) >= 11 is 0. The number of carbonyl (C=O) groups is 1. The number of benzene rings is 2. The van der Waals surface area contributed by atoms with Crippen LogP contribution in [-0.4, -0.2) is 28.2 Å². The fraction of sp³-hybridized carbons (Fsp3) is 0.263.